The van der Waals surface area contributed by atoms with Gasteiger partial charge in [-0.1, -0.05) is 91.0 Å². The molecule has 0 saturated carbocycles. The van der Waals surface area contributed by atoms with E-state index in [9.17, 15) is 19.5 Å². The van der Waals surface area contributed by atoms with Crippen LogP contribution in [0.3, 0.4) is 0 Å². The molecule has 0 atom stereocenters. The number of anilines is 1. The lowest BCUT2D eigenvalue weighted by atomic mass is 9.88. The Labute approximate surface area is 261 Å². The summed E-state index contributed by atoms with van der Waals surface area (Å²) in [6.07, 6.45) is 0.534. The van der Waals surface area contributed by atoms with Crippen molar-refractivity contribution in [1.29, 1.82) is 0 Å². The van der Waals surface area contributed by atoms with E-state index in [0.29, 0.717) is 57.2 Å². The van der Waals surface area contributed by atoms with E-state index in [4.69, 9.17) is 0 Å². The molecule has 9 nitrogen and oxygen atoms in total. The molecule has 44 heavy (non-hydrogen) atoms. The van der Waals surface area contributed by atoms with Gasteiger partial charge in [-0.2, -0.15) is 0 Å². The minimum absolute atomic E-state index is 0.0192. The van der Waals surface area contributed by atoms with Crippen LogP contribution < -0.4 is 5.32 Å². The number of carbonyl (C=O) groups is 3. The van der Waals surface area contributed by atoms with E-state index in [2.05, 4.69) is 34.6 Å². The summed E-state index contributed by atoms with van der Waals surface area (Å²) in [5.41, 5.74) is 4.15. The molecule has 3 aromatic carbocycles. The highest BCUT2D eigenvalue weighted by Crippen LogP contribution is 2.29. The third-order valence-corrected chi connectivity index (χ3v) is 8.65. The van der Waals surface area contributed by atoms with Crippen LogP contribution in [0.15, 0.2) is 96.4 Å². The fourth-order valence-electron chi connectivity index (χ4n) is 5.47. The van der Waals surface area contributed by atoms with Gasteiger partial charge in [-0.3, -0.25) is 10.1 Å². The Hall–Kier alpha value is -4.70. The smallest absolute Gasteiger partial charge is 0.407 e. The maximum Gasteiger partial charge on any atom is 0.407 e. The zero-order chi connectivity index (χ0) is 30.7. The van der Waals surface area contributed by atoms with Crippen molar-refractivity contribution in [2.24, 2.45) is 0 Å². The number of benzene rings is 3. The molecule has 1 aromatic heterocycles. The molecule has 1 aliphatic heterocycles. The average molecular weight is 612 g/mol. The number of thiazole rings is 1. The van der Waals surface area contributed by atoms with Crippen molar-refractivity contribution < 1.29 is 19.5 Å². The normalized spacial score (nSPS) is 13.1. The number of urea groups is 1. The van der Waals surface area contributed by atoms with E-state index >= 15 is 0 Å². The summed E-state index contributed by atoms with van der Waals surface area (Å²) in [4.78, 5) is 47.2. The first-order chi connectivity index (χ1) is 21.5. The number of nitrogens with zero attached hydrogens (tertiary/aromatic N) is 4. The van der Waals surface area contributed by atoms with Gasteiger partial charge in [0.2, 0.25) is 5.91 Å². The van der Waals surface area contributed by atoms with Crippen LogP contribution in [0.2, 0.25) is 0 Å². The quantitative estimate of drug-likeness (QED) is 0.202. The van der Waals surface area contributed by atoms with Gasteiger partial charge in [-0.05, 0) is 24.0 Å². The third-order valence-electron chi connectivity index (χ3n) is 7.89. The average Bonchev–Trinajstić information content (AvgIpc) is 3.53. The van der Waals surface area contributed by atoms with Gasteiger partial charge >= 0.3 is 12.1 Å². The number of aromatic nitrogens is 1. The Bertz CT molecular complexity index is 1470. The van der Waals surface area contributed by atoms with Crippen LogP contribution in [0.1, 0.15) is 36.3 Å². The first-order valence-corrected chi connectivity index (χ1v) is 15.8. The van der Waals surface area contributed by atoms with Crippen LogP contribution in [0.4, 0.5) is 14.7 Å². The number of hydrogen-bond acceptors (Lipinski definition) is 5. The fraction of sp³-hybridized carbons (Fsp3) is 0.294. The van der Waals surface area contributed by atoms with Crippen LogP contribution in [0.25, 0.3) is 11.3 Å². The maximum atomic E-state index is 13.6. The van der Waals surface area contributed by atoms with Gasteiger partial charge in [-0.25, -0.2) is 14.6 Å². The molecular formula is C34H37N5O4S. The van der Waals surface area contributed by atoms with E-state index in [-0.39, 0.29) is 24.3 Å². The molecule has 10 heteroatoms. The van der Waals surface area contributed by atoms with E-state index in [1.165, 1.54) is 27.4 Å². The second-order valence-corrected chi connectivity index (χ2v) is 11.6. The molecule has 2 heterocycles. The third kappa shape index (κ3) is 8.23. The molecule has 0 spiro atoms. The van der Waals surface area contributed by atoms with Crippen LogP contribution in [-0.2, 0) is 4.79 Å². The zero-order valence-electron chi connectivity index (χ0n) is 24.5. The first kappa shape index (κ1) is 30.7. The lowest BCUT2D eigenvalue weighted by molar-refractivity contribution is -0.132. The molecule has 5 rings (SSSR count). The summed E-state index contributed by atoms with van der Waals surface area (Å²) in [6.45, 7) is 2.30. The zero-order valence-corrected chi connectivity index (χ0v) is 25.4. The number of amides is 4. The number of rotatable bonds is 11. The predicted octanol–water partition coefficient (Wildman–Crippen LogP) is 6.47. The standard InChI is InChI=1S/C34H37N5O4S/c40-31(37-21-23-39(24-22-37)34(42)43)17-10-19-38(33(41)36-32-35-30(25-44-32)28-15-8-3-9-16-28)20-18-29(26-11-4-1-5-12-26)27-13-6-2-7-14-27/h1-9,11-16,25,29H,10,17-24H2,(H,42,43)(H,35,36,41). The van der Waals surface area contributed by atoms with Gasteiger partial charge in [0.05, 0.1) is 5.69 Å². The van der Waals surface area contributed by atoms with Crippen LogP contribution in [0, 0.1) is 0 Å². The fourth-order valence-corrected chi connectivity index (χ4v) is 6.18. The van der Waals surface area contributed by atoms with Crippen molar-refractivity contribution in [2.45, 2.75) is 25.2 Å². The molecule has 228 valence electrons. The van der Waals surface area contributed by atoms with Crippen molar-refractivity contribution in [3.8, 4) is 11.3 Å². The molecule has 0 radical (unpaired) electrons. The molecule has 1 aliphatic rings. The highest BCUT2D eigenvalue weighted by Gasteiger charge is 2.24. The van der Waals surface area contributed by atoms with Crippen LogP contribution >= 0.6 is 11.3 Å². The Morgan fingerprint density at radius 3 is 1.98 bits per heavy atom. The van der Waals surface area contributed by atoms with E-state index in [0.717, 1.165) is 11.3 Å². The molecule has 0 aliphatic carbocycles. The van der Waals surface area contributed by atoms with Crippen LogP contribution in [0.5, 0.6) is 0 Å². The Morgan fingerprint density at radius 1 is 0.818 bits per heavy atom. The Kier molecular flexibility index (Phi) is 10.6. The minimum atomic E-state index is -0.959. The van der Waals surface area contributed by atoms with E-state index in [1.54, 1.807) is 9.80 Å². The summed E-state index contributed by atoms with van der Waals surface area (Å²) in [5.74, 6) is 0.0821. The number of hydrogen-bond donors (Lipinski definition) is 2. The van der Waals surface area contributed by atoms with E-state index < -0.39 is 6.09 Å². The summed E-state index contributed by atoms with van der Waals surface area (Å²) < 4.78 is 0. The number of carboxylic acid groups (broad SMARTS) is 1. The van der Waals surface area contributed by atoms with Crippen molar-refractivity contribution in [1.82, 2.24) is 19.7 Å². The summed E-state index contributed by atoms with van der Waals surface area (Å²) in [6, 6.07) is 30.2. The topological polar surface area (TPSA) is 106 Å². The second-order valence-electron chi connectivity index (χ2n) is 10.7. The molecule has 0 bridgehead atoms. The molecule has 2 N–H and O–H groups in total. The second kappa shape index (κ2) is 15.2. The largest absolute Gasteiger partial charge is 0.465 e. The van der Waals surface area contributed by atoms with Crippen molar-refractivity contribution in [2.75, 3.05) is 44.6 Å². The van der Waals surface area contributed by atoms with Crippen molar-refractivity contribution in [3.05, 3.63) is 108 Å². The Morgan fingerprint density at radius 2 is 1.39 bits per heavy atom. The highest BCUT2D eigenvalue weighted by atomic mass is 32.1. The summed E-state index contributed by atoms with van der Waals surface area (Å²) in [7, 11) is 0. The molecule has 1 saturated heterocycles. The van der Waals surface area contributed by atoms with E-state index in [1.807, 2.05) is 72.1 Å². The summed E-state index contributed by atoms with van der Waals surface area (Å²) in [5, 5.41) is 14.6. The molecule has 1 fully saturated rings. The molecule has 0 unspecified atom stereocenters. The van der Waals surface area contributed by atoms with Crippen LogP contribution in [-0.4, -0.2) is 82.1 Å². The van der Waals surface area contributed by atoms with Crippen molar-refractivity contribution >= 4 is 34.5 Å². The Balaban J connectivity index is 1.26. The number of carbonyl (C=O) groups excluding carboxylic acids is 2. The lowest BCUT2D eigenvalue weighted by Gasteiger charge is -2.33. The lowest BCUT2D eigenvalue weighted by Crippen LogP contribution is -2.50. The van der Waals surface area contributed by atoms with Gasteiger partial charge in [0.15, 0.2) is 5.13 Å². The maximum absolute atomic E-state index is 13.6. The molecule has 4 aromatic rings. The van der Waals surface area contributed by atoms with Gasteiger partial charge in [0.25, 0.3) is 0 Å². The monoisotopic (exact) mass is 611 g/mol. The summed E-state index contributed by atoms with van der Waals surface area (Å²) >= 11 is 1.38. The highest BCUT2D eigenvalue weighted by molar-refractivity contribution is 7.14. The molecule has 4 amide bonds. The SMILES string of the molecule is O=C(O)N1CCN(C(=O)CCCN(CCC(c2ccccc2)c2ccccc2)C(=O)Nc2nc(-c3ccccc3)cs2)CC1. The van der Waals surface area contributed by atoms with Gasteiger partial charge < -0.3 is 19.8 Å². The van der Waals surface area contributed by atoms with Gasteiger partial charge in [-0.15, -0.1) is 11.3 Å². The van der Waals surface area contributed by atoms with Gasteiger partial charge in [0, 0.05) is 62.6 Å². The predicted molar refractivity (Wildman–Crippen MR) is 173 cm³/mol. The molecular weight excluding hydrogens is 574 g/mol. The minimum Gasteiger partial charge on any atom is -0.465 e. The number of nitrogens with one attached hydrogen (secondary N) is 1. The van der Waals surface area contributed by atoms with Gasteiger partial charge in [0.1, 0.15) is 0 Å². The van der Waals surface area contributed by atoms with Crippen molar-refractivity contribution in [3.63, 3.8) is 0 Å². The first-order valence-electron chi connectivity index (χ1n) is 14.9. The number of piperazine rings is 1.